The van der Waals surface area contributed by atoms with Crippen LogP contribution in [-0.4, -0.2) is 27.4 Å². The van der Waals surface area contributed by atoms with Gasteiger partial charge >= 0.3 is 5.69 Å². The van der Waals surface area contributed by atoms with Gasteiger partial charge in [-0.15, -0.1) is 0 Å². The van der Waals surface area contributed by atoms with E-state index in [0.717, 1.165) is 10.1 Å². The number of nitrogens with zero attached hydrogens (tertiary/aromatic N) is 4. The number of furan rings is 1. The maximum Gasteiger partial charge on any atom is 0.312 e. The third-order valence-electron chi connectivity index (χ3n) is 5.31. The molecule has 11 heteroatoms. The van der Waals surface area contributed by atoms with Gasteiger partial charge in [0.05, 0.1) is 33.1 Å². The zero-order chi connectivity index (χ0) is 25.4. The summed E-state index contributed by atoms with van der Waals surface area (Å²) in [7, 11) is 0. The number of para-hydroxylation sites is 1. The summed E-state index contributed by atoms with van der Waals surface area (Å²) in [6, 6.07) is 16.7. The predicted octanol–water partition coefficient (Wildman–Crippen LogP) is 6.41. The van der Waals surface area contributed by atoms with E-state index >= 15 is 0 Å². The average Bonchev–Trinajstić information content (AvgIpc) is 3.27. The summed E-state index contributed by atoms with van der Waals surface area (Å²) in [6.07, 6.45) is 1.34. The Bertz CT molecular complexity index is 1740. The lowest BCUT2D eigenvalue weighted by Crippen LogP contribution is -2.20. The second kappa shape index (κ2) is 9.56. The molecule has 2 aromatic heterocycles. The van der Waals surface area contributed by atoms with Gasteiger partial charge in [0.15, 0.2) is 5.76 Å². The monoisotopic (exact) mass is 566 g/mol. The minimum Gasteiger partial charge on any atom is -0.486 e. The van der Waals surface area contributed by atoms with Crippen LogP contribution in [-0.2, 0) is 0 Å². The number of hydrogen-bond donors (Lipinski definition) is 0. The van der Waals surface area contributed by atoms with E-state index in [9.17, 15) is 14.9 Å². The van der Waals surface area contributed by atoms with Crippen molar-refractivity contribution in [2.24, 2.45) is 5.10 Å². The highest BCUT2D eigenvalue weighted by Gasteiger charge is 2.20. The maximum absolute atomic E-state index is 13.4. The molecular formula is C25H16BrClN4O5. The number of aromatic nitrogens is 2. The van der Waals surface area contributed by atoms with Gasteiger partial charge in [-0.1, -0.05) is 23.7 Å². The summed E-state index contributed by atoms with van der Waals surface area (Å²) in [5.74, 6) is 0.596. The first-order valence-corrected chi connectivity index (χ1v) is 11.9. The number of rotatable bonds is 6. The van der Waals surface area contributed by atoms with Crippen molar-refractivity contribution in [2.45, 2.75) is 6.92 Å². The maximum atomic E-state index is 13.4. The Hall–Kier alpha value is -4.02. The van der Waals surface area contributed by atoms with Crippen LogP contribution in [0.4, 0.5) is 5.69 Å². The smallest absolute Gasteiger partial charge is 0.312 e. The topological polar surface area (TPSA) is 113 Å². The van der Waals surface area contributed by atoms with Gasteiger partial charge in [-0.3, -0.25) is 14.9 Å². The molecule has 36 heavy (non-hydrogen) atoms. The Balaban J connectivity index is 1.69. The zero-order valence-corrected chi connectivity index (χ0v) is 21.0. The van der Waals surface area contributed by atoms with Crippen LogP contribution < -0.4 is 10.3 Å². The highest BCUT2D eigenvalue weighted by Crippen LogP contribution is 2.36. The van der Waals surface area contributed by atoms with Crippen molar-refractivity contribution in [3.05, 3.63) is 96.2 Å². The largest absolute Gasteiger partial charge is 0.486 e. The van der Waals surface area contributed by atoms with Crippen molar-refractivity contribution in [2.75, 3.05) is 6.61 Å². The fraction of sp³-hybridized carbons (Fsp3) is 0.0800. The van der Waals surface area contributed by atoms with Gasteiger partial charge in [-0.05, 0) is 65.3 Å². The molecule has 0 aliphatic heterocycles. The fourth-order valence-corrected chi connectivity index (χ4v) is 4.50. The number of nitro groups is 1. The number of nitro benzene ring substituents is 1. The van der Waals surface area contributed by atoms with Gasteiger partial charge in [0.1, 0.15) is 5.58 Å². The predicted molar refractivity (Wildman–Crippen MR) is 141 cm³/mol. The molecule has 0 saturated heterocycles. The molecule has 0 aliphatic carbocycles. The van der Waals surface area contributed by atoms with Gasteiger partial charge < -0.3 is 9.15 Å². The van der Waals surface area contributed by atoms with Gasteiger partial charge in [0, 0.05) is 22.0 Å². The van der Waals surface area contributed by atoms with Crippen LogP contribution in [0.1, 0.15) is 12.5 Å². The van der Waals surface area contributed by atoms with Crippen molar-refractivity contribution >= 4 is 61.3 Å². The number of hydrogen-bond acceptors (Lipinski definition) is 7. The van der Waals surface area contributed by atoms with Crippen molar-refractivity contribution in [1.29, 1.82) is 0 Å². The molecule has 0 unspecified atom stereocenters. The van der Waals surface area contributed by atoms with E-state index in [0.29, 0.717) is 37.3 Å². The molecule has 0 aliphatic rings. The van der Waals surface area contributed by atoms with Crippen LogP contribution in [0, 0.1) is 10.1 Å². The molecule has 0 radical (unpaired) electrons. The molecule has 0 atom stereocenters. The van der Waals surface area contributed by atoms with Crippen molar-refractivity contribution in [3.8, 4) is 17.3 Å². The molecule has 0 fully saturated rings. The van der Waals surface area contributed by atoms with Crippen molar-refractivity contribution in [1.82, 2.24) is 9.66 Å². The SMILES string of the molecule is CCOc1c(Br)cc(C=Nn2c(-c3cc4cc(Cl)ccc4o3)nc3ccccc3c2=O)cc1[N+](=O)[O-]. The lowest BCUT2D eigenvalue weighted by Gasteiger charge is -2.09. The summed E-state index contributed by atoms with van der Waals surface area (Å²) in [5, 5.41) is 17.6. The molecule has 0 saturated carbocycles. The van der Waals surface area contributed by atoms with E-state index in [1.807, 2.05) is 0 Å². The highest BCUT2D eigenvalue weighted by atomic mass is 79.9. The van der Waals surface area contributed by atoms with E-state index in [-0.39, 0.29) is 23.9 Å². The van der Waals surface area contributed by atoms with Gasteiger partial charge in [0.25, 0.3) is 5.56 Å². The minimum absolute atomic E-state index is 0.116. The second-order valence-corrected chi connectivity index (χ2v) is 8.94. The van der Waals surface area contributed by atoms with E-state index in [2.05, 4.69) is 26.0 Å². The van der Waals surface area contributed by atoms with Gasteiger partial charge in [-0.25, -0.2) is 4.98 Å². The Kier molecular flexibility index (Phi) is 6.29. The third-order valence-corrected chi connectivity index (χ3v) is 6.13. The summed E-state index contributed by atoms with van der Waals surface area (Å²) < 4.78 is 12.9. The number of ether oxygens (including phenoxy) is 1. The summed E-state index contributed by atoms with van der Waals surface area (Å²) in [6.45, 7) is 2.00. The van der Waals surface area contributed by atoms with E-state index < -0.39 is 10.5 Å². The van der Waals surface area contributed by atoms with Crippen LogP contribution in [0.2, 0.25) is 5.02 Å². The Morgan fingerprint density at radius 3 is 2.81 bits per heavy atom. The Morgan fingerprint density at radius 1 is 1.22 bits per heavy atom. The Labute approximate surface area is 216 Å². The van der Waals surface area contributed by atoms with Gasteiger partial charge in [-0.2, -0.15) is 9.78 Å². The Morgan fingerprint density at radius 2 is 2.03 bits per heavy atom. The molecule has 9 nitrogen and oxygen atoms in total. The number of fused-ring (bicyclic) bond motifs is 2. The normalized spacial score (nSPS) is 11.5. The van der Waals surface area contributed by atoms with E-state index in [1.165, 1.54) is 12.3 Å². The molecule has 2 heterocycles. The quantitative estimate of drug-likeness (QED) is 0.133. The minimum atomic E-state index is -0.540. The molecular weight excluding hydrogens is 552 g/mol. The molecule has 0 spiro atoms. The standard InChI is InChI=1S/C25H16BrClN4O5/c1-2-35-23-18(26)9-14(10-20(23)31(33)34)13-28-30-24(29-19-6-4-3-5-17(19)25(30)32)22-12-15-11-16(27)7-8-21(15)36-22/h3-13H,2H2,1H3. The first kappa shape index (κ1) is 23.7. The number of halogens is 2. The van der Waals surface area contributed by atoms with Gasteiger partial charge in [0.2, 0.25) is 11.6 Å². The lowest BCUT2D eigenvalue weighted by molar-refractivity contribution is -0.385. The third kappa shape index (κ3) is 4.36. The molecule has 5 rings (SSSR count). The molecule has 180 valence electrons. The number of benzene rings is 3. The summed E-state index contributed by atoms with van der Waals surface area (Å²) in [5.41, 5.74) is 0.760. The molecule has 5 aromatic rings. The molecule has 0 bridgehead atoms. The summed E-state index contributed by atoms with van der Waals surface area (Å²) in [4.78, 5) is 29.1. The van der Waals surface area contributed by atoms with Crippen LogP contribution >= 0.6 is 27.5 Å². The first-order valence-electron chi connectivity index (χ1n) is 10.7. The van der Waals surface area contributed by atoms with Crippen LogP contribution in [0.3, 0.4) is 0 Å². The van der Waals surface area contributed by atoms with E-state index in [1.54, 1.807) is 61.5 Å². The van der Waals surface area contributed by atoms with Crippen LogP contribution in [0.25, 0.3) is 33.5 Å². The zero-order valence-electron chi connectivity index (χ0n) is 18.6. The van der Waals surface area contributed by atoms with Crippen LogP contribution in [0.15, 0.2) is 79.4 Å². The van der Waals surface area contributed by atoms with Crippen LogP contribution in [0.5, 0.6) is 5.75 Å². The van der Waals surface area contributed by atoms with E-state index in [4.69, 9.17) is 20.8 Å². The fourth-order valence-electron chi connectivity index (χ4n) is 3.74. The van der Waals surface area contributed by atoms with Crippen molar-refractivity contribution in [3.63, 3.8) is 0 Å². The first-order chi connectivity index (χ1) is 17.4. The second-order valence-electron chi connectivity index (χ2n) is 7.65. The summed E-state index contributed by atoms with van der Waals surface area (Å²) >= 11 is 9.43. The lowest BCUT2D eigenvalue weighted by atomic mass is 10.2. The highest BCUT2D eigenvalue weighted by molar-refractivity contribution is 9.10. The average molecular weight is 568 g/mol. The molecule has 0 amide bonds. The molecule has 0 N–H and O–H groups in total. The molecule has 3 aromatic carbocycles. The van der Waals surface area contributed by atoms with Crippen molar-refractivity contribution < 1.29 is 14.1 Å².